The molecule has 0 atom stereocenters. The predicted octanol–water partition coefficient (Wildman–Crippen LogP) is 2.84. The number of aryl methyl sites for hydroxylation is 1. The van der Waals surface area contributed by atoms with Gasteiger partial charge in [-0.15, -0.1) is 0 Å². The molecule has 8 heteroatoms. The van der Waals surface area contributed by atoms with Crippen molar-refractivity contribution in [3.8, 4) is 0 Å². The van der Waals surface area contributed by atoms with Crippen molar-refractivity contribution >= 4 is 38.5 Å². The van der Waals surface area contributed by atoms with Gasteiger partial charge in [-0.3, -0.25) is 13.7 Å². The van der Waals surface area contributed by atoms with E-state index >= 15 is 0 Å². The minimum atomic E-state index is -3.70. The van der Waals surface area contributed by atoms with Crippen molar-refractivity contribution < 1.29 is 22.7 Å². The molecule has 0 aliphatic carbocycles. The van der Waals surface area contributed by atoms with Gasteiger partial charge in [0.05, 0.1) is 30.1 Å². The van der Waals surface area contributed by atoms with E-state index in [0.717, 1.165) is 16.1 Å². The average Bonchev–Trinajstić information content (AvgIpc) is 3.04. The molecule has 0 saturated heterocycles. The Morgan fingerprint density at radius 1 is 1.11 bits per heavy atom. The molecule has 0 unspecified atom stereocenters. The standard InChI is InChI=1S/C20H20N2O5S/c1-14-7-6-8-15(11-14)22(28(3,25)26)13-19(23)21-12-17(20(24)27-2)16-9-4-5-10-18(16)21/h4-12H,13H2,1-3H3. The van der Waals surface area contributed by atoms with Crippen LogP contribution in [-0.4, -0.2) is 44.8 Å². The lowest BCUT2D eigenvalue weighted by Gasteiger charge is -2.22. The summed E-state index contributed by atoms with van der Waals surface area (Å²) in [5.74, 6) is -1.06. The van der Waals surface area contributed by atoms with Crippen LogP contribution in [0.25, 0.3) is 10.9 Å². The Hall–Kier alpha value is -3.13. The number of ether oxygens (including phenoxy) is 1. The number of carbonyl (C=O) groups excluding carboxylic acids is 2. The normalized spacial score (nSPS) is 11.4. The fourth-order valence-corrected chi connectivity index (χ4v) is 3.88. The monoisotopic (exact) mass is 400 g/mol. The highest BCUT2D eigenvalue weighted by Crippen LogP contribution is 2.24. The molecule has 0 N–H and O–H groups in total. The number of aromatic nitrogens is 1. The van der Waals surface area contributed by atoms with Crippen LogP contribution in [0.5, 0.6) is 0 Å². The van der Waals surface area contributed by atoms with Gasteiger partial charge in [-0.25, -0.2) is 13.2 Å². The molecule has 0 fully saturated rings. The Labute approximate surface area is 163 Å². The van der Waals surface area contributed by atoms with Crippen LogP contribution in [0.2, 0.25) is 0 Å². The first kappa shape index (κ1) is 19.6. The van der Waals surface area contributed by atoms with E-state index in [1.807, 2.05) is 13.0 Å². The fourth-order valence-electron chi connectivity index (χ4n) is 3.04. The maximum atomic E-state index is 13.0. The van der Waals surface area contributed by atoms with Gasteiger partial charge in [-0.05, 0) is 30.7 Å². The number of esters is 1. The van der Waals surface area contributed by atoms with Crippen LogP contribution < -0.4 is 4.31 Å². The van der Waals surface area contributed by atoms with Crippen LogP contribution >= 0.6 is 0 Å². The second-order valence-electron chi connectivity index (χ2n) is 6.42. The van der Waals surface area contributed by atoms with Crippen molar-refractivity contribution in [2.75, 3.05) is 24.2 Å². The van der Waals surface area contributed by atoms with Gasteiger partial charge >= 0.3 is 5.97 Å². The van der Waals surface area contributed by atoms with Crippen molar-refractivity contribution in [3.63, 3.8) is 0 Å². The molecule has 0 aliphatic rings. The zero-order valence-corrected chi connectivity index (χ0v) is 16.6. The molecule has 0 radical (unpaired) electrons. The molecule has 3 aromatic rings. The summed E-state index contributed by atoms with van der Waals surface area (Å²) < 4.78 is 31.8. The molecule has 28 heavy (non-hydrogen) atoms. The van der Waals surface area contributed by atoms with E-state index in [-0.39, 0.29) is 5.56 Å². The summed E-state index contributed by atoms with van der Waals surface area (Å²) in [4.78, 5) is 25.1. The van der Waals surface area contributed by atoms with Crippen molar-refractivity contribution in [2.45, 2.75) is 6.92 Å². The minimum absolute atomic E-state index is 0.243. The zero-order valence-electron chi connectivity index (χ0n) is 15.7. The summed E-state index contributed by atoms with van der Waals surface area (Å²) in [6, 6.07) is 13.8. The molecule has 146 valence electrons. The number of fused-ring (bicyclic) bond motifs is 1. The van der Waals surface area contributed by atoms with Gasteiger partial charge in [-0.2, -0.15) is 0 Å². The Morgan fingerprint density at radius 3 is 2.46 bits per heavy atom. The predicted molar refractivity (Wildman–Crippen MR) is 107 cm³/mol. The average molecular weight is 400 g/mol. The molecule has 0 spiro atoms. The van der Waals surface area contributed by atoms with E-state index in [4.69, 9.17) is 4.74 Å². The largest absolute Gasteiger partial charge is 0.465 e. The topological polar surface area (TPSA) is 85.7 Å². The molecule has 1 heterocycles. The van der Waals surface area contributed by atoms with Crippen molar-refractivity contribution in [2.24, 2.45) is 0 Å². The first-order valence-corrected chi connectivity index (χ1v) is 10.3. The van der Waals surface area contributed by atoms with Crippen molar-refractivity contribution in [3.05, 3.63) is 65.9 Å². The number of anilines is 1. The molecule has 0 saturated carbocycles. The Kier molecular flexibility index (Phi) is 5.24. The number of methoxy groups -OCH3 is 1. The SMILES string of the molecule is COC(=O)c1cn(C(=O)CN(c2cccc(C)c2)S(C)(=O)=O)c2ccccc12. The van der Waals surface area contributed by atoms with Crippen LogP contribution in [-0.2, 0) is 14.8 Å². The third-order valence-electron chi connectivity index (χ3n) is 4.35. The van der Waals surface area contributed by atoms with Crippen molar-refractivity contribution in [1.82, 2.24) is 4.57 Å². The molecular weight excluding hydrogens is 380 g/mol. The lowest BCUT2D eigenvalue weighted by molar-refractivity contribution is 0.0603. The fraction of sp³-hybridized carbons (Fsp3) is 0.200. The van der Waals surface area contributed by atoms with E-state index in [0.29, 0.717) is 16.6 Å². The second kappa shape index (κ2) is 7.47. The zero-order chi connectivity index (χ0) is 20.5. The summed E-state index contributed by atoms with van der Waals surface area (Å²) >= 11 is 0. The van der Waals surface area contributed by atoms with Gasteiger partial charge < -0.3 is 4.74 Å². The summed E-state index contributed by atoms with van der Waals surface area (Å²) in [5, 5.41) is 0.559. The van der Waals surface area contributed by atoms with Crippen LogP contribution in [0.1, 0.15) is 20.7 Å². The lowest BCUT2D eigenvalue weighted by Crippen LogP contribution is -2.36. The third kappa shape index (κ3) is 3.77. The number of carbonyl (C=O) groups is 2. The molecule has 7 nitrogen and oxygen atoms in total. The number of para-hydroxylation sites is 1. The maximum absolute atomic E-state index is 13.0. The molecule has 0 bridgehead atoms. The number of benzene rings is 2. The van der Waals surface area contributed by atoms with Crippen LogP contribution in [0.4, 0.5) is 5.69 Å². The van der Waals surface area contributed by atoms with Crippen LogP contribution in [0, 0.1) is 6.92 Å². The molecule has 1 aromatic heterocycles. The van der Waals surface area contributed by atoms with Gasteiger partial charge in [0.25, 0.3) is 5.91 Å². The third-order valence-corrected chi connectivity index (χ3v) is 5.50. The smallest absolute Gasteiger partial charge is 0.340 e. The van der Waals surface area contributed by atoms with Crippen molar-refractivity contribution in [1.29, 1.82) is 0 Å². The summed E-state index contributed by atoms with van der Waals surface area (Å²) in [6.07, 6.45) is 2.44. The molecular formula is C20H20N2O5S. The van der Waals surface area contributed by atoms with Gasteiger partial charge in [-0.1, -0.05) is 30.3 Å². The highest BCUT2D eigenvalue weighted by Gasteiger charge is 2.24. The van der Waals surface area contributed by atoms with Crippen LogP contribution in [0.3, 0.4) is 0 Å². The number of hydrogen-bond donors (Lipinski definition) is 0. The van der Waals surface area contributed by atoms with E-state index in [1.54, 1.807) is 42.5 Å². The summed E-state index contributed by atoms with van der Waals surface area (Å²) in [6.45, 7) is 1.44. The maximum Gasteiger partial charge on any atom is 0.340 e. The lowest BCUT2D eigenvalue weighted by atomic mass is 10.2. The molecule has 3 rings (SSSR count). The first-order valence-electron chi connectivity index (χ1n) is 8.48. The van der Waals surface area contributed by atoms with E-state index in [9.17, 15) is 18.0 Å². The molecule has 0 amide bonds. The second-order valence-corrected chi connectivity index (χ2v) is 8.33. The number of sulfonamides is 1. The quantitative estimate of drug-likeness (QED) is 0.615. The highest BCUT2D eigenvalue weighted by molar-refractivity contribution is 7.92. The highest BCUT2D eigenvalue weighted by atomic mass is 32.2. The number of hydrogen-bond acceptors (Lipinski definition) is 5. The molecule has 0 aliphatic heterocycles. The Morgan fingerprint density at radius 2 is 1.82 bits per heavy atom. The molecule has 2 aromatic carbocycles. The number of rotatable bonds is 5. The number of nitrogens with zero attached hydrogens (tertiary/aromatic N) is 2. The van der Waals surface area contributed by atoms with Gasteiger partial charge in [0, 0.05) is 11.6 Å². The van der Waals surface area contributed by atoms with E-state index in [1.165, 1.54) is 17.9 Å². The summed E-state index contributed by atoms with van der Waals surface area (Å²) in [7, 11) is -2.43. The summed E-state index contributed by atoms with van der Waals surface area (Å²) in [5.41, 5.74) is 2.02. The minimum Gasteiger partial charge on any atom is -0.465 e. The van der Waals surface area contributed by atoms with Gasteiger partial charge in [0.2, 0.25) is 10.0 Å². The van der Waals surface area contributed by atoms with E-state index < -0.39 is 28.4 Å². The first-order chi connectivity index (χ1) is 13.2. The Balaban J connectivity index is 2.05. The van der Waals surface area contributed by atoms with Gasteiger partial charge in [0.1, 0.15) is 6.54 Å². The van der Waals surface area contributed by atoms with Crippen LogP contribution in [0.15, 0.2) is 54.7 Å². The Bertz CT molecular complexity index is 1160. The van der Waals surface area contributed by atoms with E-state index in [2.05, 4.69) is 0 Å². The van der Waals surface area contributed by atoms with Gasteiger partial charge in [0.15, 0.2) is 0 Å².